The number of hydrogen-bond donors (Lipinski definition) is 3. The number of anilines is 2. The van der Waals surface area contributed by atoms with Gasteiger partial charge in [0, 0.05) is 6.54 Å². The van der Waals surface area contributed by atoms with E-state index in [-0.39, 0.29) is 4.90 Å². The summed E-state index contributed by atoms with van der Waals surface area (Å²) in [5.74, 6) is 0. The van der Waals surface area contributed by atoms with Gasteiger partial charge in [-0.1, -0.05) is 6.08 Å². The second-order valence-electron chi connectivity index (χ2n) is 4.07. The molecule has 0 radical (unpaired) electrons. The molecule has 1 rings (SSSR count). The Morgan fingerprint density at radius 3 is 2.75 bits per heavy atom. The summed E-state index contributed by atoms with van der Waals surface area (Å²) >= 11 is 0. The highest BCUT2D eigenvalue weighted by Gasteiger charge is 2.12. The smallest absolute Gasteiger partial charge is 0.240 e. The molecule has 6 nitrogen and oxygen atoms in total. The van der Waals surface area contributed by atoms with Crippen molar-refractivity contribution in [2.45, 2.75) is 11.3 Å². The average Bonchev–Trinajstić information content (AvgIpc) is 2.44. The van der Waals surface area contributed by atoms with Crippen molar-refractivity contribution in [2.24, 2.45) is 0 Å². The number of nitrogen functional groups attached to an aromatic ring is 1. The molecule has 1 aromatic carbocycles. The molecule has 0 aliphatic heterocycles. The third kappa shape index (κ3) is 4.84. The SMILES string of the molecule is C=CCCOCCNc1ccc(S(=O)(=O)NC)cc1N. The fourth-order valence-corrected chi connectivity index (χ4v) is 2.28. The zero-order valence-corrected chi connectivity index (χ0v) is 12.4. The van der Waals surface area contributed by atoms with Gasteiger partial charge in [-0.15, -0.1) is 6.58 Å². The minimum absolute atomic E-state index is 0.144. The summed E-state index contributed by atoms with van der Waals surface area (Å²) in [5, 5.41) is 3.10. The molecule has 0 aliphatic rings. The van der Waals surface area contributed by atoms with Crippen molar-refractivity contribution in [3.05, 3.63) is 30.9 Å². The highest BCUT2D eigenvalue weighted by Crippen LogP contribution is 2.22. The van der Waals surface area contributed by atoms with Gasteiger partial charge in [0.15, 0.2) is 0 Å². The quantitative estimate of drug-likeness (QED) is 0.362. The molecule has 0 aromatic heterocycles. The summed E-state index contributed by atoms with van der Waals surface area (Å²) in [6.07, 6.45) is 2.62. The molecule has 0 fully saturated rings. The van der Waals surface area contributed by atoms with Crippen LogP contribution in [0, 0.1) is 0 Å². The van der Waals surface area contributed by atoms with Crippen LogP contribution >= 0.6 is 0 Å². The predicted molar refractivity (Wildman–Crippen MR) is 81.2 cm³/mol. The van der Waals surface area contributed by atoms with Crippen molar-refractivity contribution in [2.75, 3.05) is 37.9 Å². The molecule has 112 valence electrons. The second-order valence-corrected chi connectivity index (χ2v) is 5.96. The van der Waals surface area contributed by atoms with Crippen LogP contribution in [0.2, 0.25) is 0 Å². The normalized spacial score (nSPS) is 11.2. The Balaban J connectivity index is 2.54. The Bertz CT molecular complexity index is 544. The molecule has 0 saturated carbocycles. The van der Waals surface area contributed by atoms with Crippen molar-refractivity contribution < 1.29 is 13.2 Å². The van der Waals surface area contributed by atoms with Crippen molar-refractivity contribution in [3.8, 4) is 0 Å². The van der Waals surface area contributed by atoms with E-state index in [2.05, 4.69) is 16.6 Å². The Morgan fingerprint density at radius 1 is 1.40 bits per heavy atom. The first-order chi connectivity index (χ1) is 9.51. The molecular formula is C13H21N3O3S. The third-order valence-electron chi connectivity index (χ3n) is 2.63. The van der Waals surface area contributed by atoms with E-state index in [1.165, 1.54) is 19.2 Å². The number of nitrogens with two attached hydrogens (primary N) is 1. The van der Waals surface area contributed by atoms with Gasteiger partial charge in [-0.2, -0.15) is 0 Å². The molecule has 0 bridgehead atoms. The van der Waals surface area contributed by atoms with Gasteiger partial charge >= 0.3 is 0 Å². The van der Waals surface area contributed by atoms with Crippen LogP contribution in [-0.4, -0.2) is 35.2 Å². The summed E-state index contributed by atoms with van der Waals surface area (Å²) in [5.41, 5.74) is 6.90. The van der Waals surface area contributed by atoms with E-state index in [0.29, 0.717) is 31.1 Å². The number of benzene rings is 1. The van der Waals surface area contributed by atoms with Crippen molar-refractivity contribution in [3.63, 3.8) is 0 Å². The largest absolute Gasteiger partial charge is 0.397 e. The summed E-state index contributed by atoms with van der Waals surface area (Å²) in [7, 11) is -2.11. The molecule has 0 atom stereocenters. The Labute approximate surface area is 120 Å². The molecular weight excluding hydrogens is 278 g/mol. The zero-order valence-electron chi connectivity index (χ0n) is 11.6. The van der Waals surface area contributed by atoms with Gasteiger partial charge in [-0.3, -0.25) is 0 Å². The van der Waals surface area contributed by atoms with Gasteiger partial charge in [0.2, 0.25) is 10.0 Å². The standard InChI is InChI=1S/C13H21N3O3S/c1-3-4-8-19-9-7-16-13-6-5-11(10-12(13)14)20(17,18)15-2/h3,5-6,10,15-16H,1,4,7-9,14H2,2H3. The highest BCUT2D eigenvalue weighted by atomic mass is 32.2. The molecule has 20 heavy (non-hydrogen) atoms. The van der Waals surface area contributed by atoms with Gasteiger partial charge in [0.1, 0.15) is 0 Å². The van der Waals surface area contributed by atoms with E-state index >= 15 is 0 Å². The van der Waals surface area contributed by atoms with Gasteiger partial charge in [-0.25, -0.2) is 13.1 Å². The third-order valence-corrected chi connectivity index (χ3v) is 4.04. The number of ether oxygens (including phenoxy) is 1. The Hall–Kier alpha value is -1.57. The summed E-state index contributed by atoms with van der Waals surface area (Å²) < 4.78 is 30.8. The minimum Gasteiger partial charge on any atom is -0.397 e. The molecule has 0 spiro atoms. The van der Waals surface area contributed by atoms with Crippen LogP contribution in [0.4, 0.5) is 11.4 Å². The fraction of sp³-hybridized carbons (Fsp3) is 0.385. The lowest BCUT2D eigenvalue weighted by Crippen LogP contribution is -2.19. The summed E-state index contributed by atoms with van der Waals surface area (Å²) in [6.45, 7) is 5.39. The topological polar surface area (TPSA) is 93.4 Å². The molecule has 1 aromatic rings. The van der Waals surface area contributed by atoms with Crippen LogP contribution in [0.1, 0.15) is 6.42 Å². The zero-order chi connectivity index (χ0) is 15.0. The first-order valence-electron chi connectivity index (χ1n) is 6.27. The average molecular weight is 299 g/mol. The lowest BCUT2D eigenvalue weighted by molar-refractivity contribution is 0.149. The predicted octanol–water partition coefficient (Wildman–Crippen LogP) is 1.18. The molecule has 4 N–H and O–H groups in total. The van der Waals surface area contributed by atoms with E-state index in [9.17, 15) is 8.42 Å². The number of rotatable bonds is 9. The van der Waals surface area contributed by atoms with E-state index in [4.69, 9.17) is 10.5 Å². The molecule has 0 heterocycles. The molecule has 0 saturated heterocycles. The lowest BCUT2D eigenvalue weighted by Gasteiger charge is -2.11. The highest BCUT2D eigenvalue weighted by molar-refractivity contribution is 7.89. The van der Waals surface area contributed by atoms with Crippen molar-refractivity contribution in [1.29, 1.82) is 0 Å². The number of sulfonamides is 1. The second kappa shape index (κ2) is 7.88. The van der Waals surface area contributed by atoms with Gasteiger partial charge < -0.3 is 15.8 Å². The molecule has 7 heteroatoms. The first kappa shape index (κ1) is 16.5. The molecule has 0 aliphatic carbocycles. The maximum Gasteiger partial charge on any atom is 0.240 e. The van der Waals surface area contributed by atoms with Crippen molar-refractivity contribution >= 4 is 21.4 Å². The van der Waals surface area contributed by atoms with E-state index < -0.39 is 10.0 Å². The minimum atomic E-state index is -3.46. The van der Waals surface area contributed by atoms with E-state index in [1.54, 1.807) is 12.1 Å². The van der Waals surface area contributed by atoms with Gasteiger partial charge in [0.25, 0.3) is 0 Å². The Kier molecular flexibility index (Phi) is 6.50. The monoisotopic (exact) mass is 299 g/mol. The molecule has 0 amide bonds. The summed E-state index contributed by atoms with van der Waals surface area (Å²) in [4.78, 5) is 0.144. The number of nitrogens with one attached hydrogen (secondary N) is 2. The maximum absolute atomic E-state index is 11.6. The van der Waals surface area contributed by atoms with Crippen LogP contribution in [-0.2, 0) is 14.8 Å². The van der Waals surface area contributed by atoms with E-state index in [0.717, 1.165) is 6.42 Å². The van der Waals surface area contributed by atoms with Crippen LogP contribution in [0.15, 0.2) is 35.7 Å². The first-order valence-corrected chi connectivity index (χ1v) is 7.75. The van der Waals surface area contributed by atoms with E-state index in [1.807, 2.05) is 0 Å². The van der Waals surface area contributed by atoms with Gasteiger partial charge in [-0.05, 0) is 31.7 Å². The lowest BCUT2D eigenvalue weighted by atomic mass is 10.2. The Morgan fingerprint density at radius 2 is 2.15 bits per heavy atom. The number of hydrogen-bond acceptors (Lipinski definition) is 5. The van der Waals surface area contributed by atoms with Gasteiger partial charge in [0.05, 0.1) is 29.5 Å². The summed E-state index contributed by atoms with van der Waals surface area (Å²) in [6, 6.07) is 4.57. The molecule has 0 unspecified atom stereocenters. The van der Waals surface area contributed by atoms with Crippen LogP contribution < -0.4 is 15.8 Å². The van der Waals surface area contributed by atoms with Crippen molar-refractivity contribution in [1.82, 2.24) is 4.72 Å². The van der Waals surface area contributed by atoms with Crippen LogP contribution in [0.5, 0.6) is 0 Å². The fourth-order valence-electron chi connectivity index (χ4n) is 1.51. The maximum atomic E-state index is 11.6. The van der Waals surface area contributed by atoms with Crippen LogP contribution in [0.25, 0.3) is 0 Å². The van der Waals surface area contributed by atoms with Crippen LogP contribution in [0.3, 0.4) is 0 Å².